The predicted octanol–water partition coefficient (Wildman–Crippen LogP) is 3.07. The fourth-order valence-electron chi connectivity index (χ4n) is 3.90. The number of carbonyl (C=O) groups excluding carboxylic acids is 2. The molecular weight excluding hydrogens is 332 g/mol. The van der Waals surface area contributed by atoms with Gasteiger partial charge in [-0.15, -0.1) is 11.3 Å². The van der Waals surface area contributed by atoms with E-state index in [1.54, 1.807) is 16.2 Å². The molecule has 25 heavy (non-hydrogen) atoms. The molecular formula is C20H22N2O2S. The van der Waals surface area contributed by atoms with Crippen molar-refractivity contribution in [1.82, 2.24) is 4.90 Å². The minimum absolute atomic E-state index is 0.0589. The second-order valence-corrected chi connectivity index (χ2v) is 8.08. The first-order valence-corrected chi connectivity index (χ1v) is 9.74. The van der Waals surface area contributed by atoms with Crippen LogP contribution in [-0.4, -0.2) is 22.8 Å². The number of primary amides is 1. The molecule has 1 atom stereocenters. The Kier molecular flexibility index (Phi) is 4.34. The molecule has 4 rings (SSSR count). The highest BCUT2D eigenvalue weighted by Crippen LogP contribution is 2.32. The average molecular weight is 354 g/mol. The second-order valence-electron chi connectivity index (χ2n) is 6.94. The minimum atomic E-state index is -0.565. The van der Waals surface area contributed by atoms with Gasteiger partial charge in [0.05, 0.1) is 4.88 Å². The summed E-state index contributed by atoms with van der Waals surface area (Å²) < 4.78 is 0. The Morgan fingerprint density at radius 3 is 2.60 bits per heavy atom. The van der Waals surface area contributed by atoms with Crippen LogP contribution in [-0.2, 0) is 30.6 Å². The van der Waals surface area contributed by atoms with Crippen LogP contribution < -0.4 is 5.73 Å². The molecule has 1 aliphatic heterocycles. The molecule has 2 amide bonds. The van der Waals surface area contributed by atoms with Crippen molar-refractivity contribution in [3.63, 3.8) is 0 Å². The van der Waals surface area contributed by atoms with Gasteiger partial charge in [-0.3, -0.25) is 9.59 Å². The lowest BCUT2D eigenvalue weighted by atomic mass is 9.93. The minimum Gasteiger partial charge on any atom is -0.368 e. The molecule has 0 bridgehead atoms. The van der Waals surface area contributed by atoms with Gasteiger partial charge in [0, 0.05) is 17.8 Å². The highest BCUT2D eigenvalue weighted by atomic mass is 32.1. The number of hydrogen-bond donors (Lipinski definition) is 1. The molecule has 0 unspecified atom stereocenters. The second kappa shape index (κ2) is 6.64. The Morgan fingerprint density at radius 2 is 1.80 bits per heavy atom. The zero-order valence-corrected chi connectivity index (χ0v) is 15.0. The van der Waals surface area contributed by atoms with Crippen LogP contribution in [0.3, 0.4) is 0 Å². The number of amides is 2. The largest absolute Gasteiger partial charge is 0.368 e. The number of carbonyl (C=O) groups is 2. The molecule has 1 aromatic heterocycles. The van der Waals surface area contributed by atoms with E-state index < -0.39 is 11.9 Å². The molecule has 5 heteroatoms. The zero-order chi connectivity index (χ0) is 17.4. The summed E-state index contributed by atoms with van der Waals surface area (Å²) in [6, 6.07) is 9.46. The van der Waals surface area contributed by atoms with Crippen molar-refractivity contribution in [3.8, 4) is 0 Å². The molecule has 130 valence electrons. The highest BCUT2D eigenvalue weighted by molar-refractivity contribution is 7.14. The van der Waals surface area contributed by atoms with E-state index in [1.165, 1.54) is 29.7 Å². The normalized spacial score (nSPS) is 19.7. The van der Waals surface area contributed by atoms with E-state index in [9.17, 15) is 9.59 Å². The van der Waals surface area contributed by atoms with Gasteiger partial charge < -0.3 is 10.6 Å². The summed E-state index contributed by atoms with van der Waals surface area (Å²) in [6.07, 6.45) is 6.27. The monoisotopic (exact) mass is 354 g/mol. The molecule has 0 spiro atoms. The maximum atomic E-state index is 13.2. The van der Waals surface area contributed by atoms with Crippen molar-refractivity contribution in [3.05, 3.63) is 56.8 Å². The summed E-state index contributed by atoms with van der Waals surface area (Å²) in [6.45, 7) is 0.450. The van der Waals surface area contributed by atoms with Gasteiger partial charge in [0.25, 0.3) is 5.91 Å². The van der Waals surface area contributed by atoms with Crippen molar-refractivity contribution in [2.75, 3.05) is 0 Å². The van der Waals surface area contributed by atoms with Crippen molar-refractivity contribution < 1.29 is 9.59 Å². The fraction of sp³-hybridized carbons (Fsp3) is 0.400. The van der Waals surface area contributed by atoms with E-state index in [1.807, 2.05) is 30.3 Å². The highest BCUT2D eigenvalue weighted by Gasteiger charge is 2.34. The maximum absolute atomic E-state index is 13.2. The van der Waals surface area contributed by atoms with Crippen LogP contribution in [0.1, 0.15) is 50.5 Å². The van der Waals surface area contributed by atoms with Crippen LogP contribution in [0.4, 0.5) is 0 Å². The third kappa shape index (κ3) is 3.09. The molecule has 2 heterocycles. The topological polar surface area (TPSA) is 63.4 Å². The third-order valence-corrected chi connectivity index (χ3v) is 6.52. The zero-order valence-electron chi connectivity index (χ0n) is 14.2. The van der Waals surface area contributed by atoms with E-state index in [4.69, 9.17) is 5.73 Å². The number of hydrogen-bond acceptors (Lipinski definition) is 3. The lowest BCUT2D eigenvalue weighted by molar-refractivity contribution is -0.122. The summed E-state index contributed by atoms with van der Waals surface area (Å²) in [5, 5.41) is 0. The lowest BCUT2D eigenvalue weighted by Crippen LogP contribution is -2.51. The van der Waals surface area contributed by atoms with Crippen molar-refractivity contribution in [1.29, 1.82) is 0 Å². The van der Waals surface area contributed by atoms with Gasteiger partial charge in [-0.2, -0.15) is 0 Å². The number of rotatable bonds is 2. The van der Waals surface area contributed by atoms with Crippen LogP contribution in [0, 0.1) is 0 Å². The number of nitrogens with two attached hydrogens (primary N) is 1. The summed E-state index contributed by atoms with van der Waals surface area (Å²) in [4.78, 5) is 28.9. The van der Waals surface area contributed by atoms with E-state index in [-0.39, 0.29) is 5.91 Å². The van der Waals surface area contributed by atoms with Crippen LogP contribution in [0.15, 0.2) is 30.3 Å². The lowest BCUT2D eigenvalue weighted by Gasteiger charge is -2.34. The van der Waals surface area contributed by atoms with Gasteiger partial charge >= 0.3 is 0 Å². The van der Waals surface area contributed by atoms with Crippen molar-refractivity contribution >= 4 is 23.2 Å². The van der Waals surface area contributed by atoms with Gasteiger partial charge in [-0.25, -0.2) is 0 Å². The molecule has 0 saturated carbocycles. The van der Waals surface area contributed by atoms with Crippen LogP contribution in [0.2, 0.25) is 0 Å². The third-order valence-electron chi connectivity index (χ3n) is 5.30. The van der Waals surface area contributed by atoms with Gasteiger partial charge in [-0.1, -0.05) is 30.7 Å². The van der Waals surface area contributed by atoms with E-state index in [0.717, 1.165) is 28.8 Å². The van der Waals surface area contributed by atoms with Crippen molar-refractivity contribution in [2.24, 2.45) is 5.73 Å². The van der Waals surface area contributed by atoms with E-state index in [2.05, 4.69) is 0 Å². The molecule has 0 fully saturated rings. The Labute approximate surface area is 151 Å². The smallest absolute Gasteiger partial charge is 0.264 e. The molecule has 4 nitrogen and oxygen atoms in total. The van der Waals surface area contributed by atoms with Gasteiger partial charge in [0.15, 0.2) is 0 Å². The molecule has 2 aromatic rings. The maximum Gasteiger partial charge on any atom is 0.264 e. The molecule has 0 radical (unpaired) electrons. The predicted molar refractivity (Wildman–Crippen MR) is 98.6 cm³/mol. The summed E-state index contributed by atoms with van der Waals surface area (Å²) in [7, 11) is 0. The SMILES string of the molecule is NC(=O)[C@@H]1Cc2ccccc2CN1C(=O)c1cc2c(s1)CCCCC2. The Balaban J connectivity index is 1.65. The standard InChI is InChI=1S/C20H22N2O2S/c21-19(23)16-10-13-6-4-5-8-15(13)12-22(16)20(24)18-11-14-7-2-1-3-9-17(14)25-18/h4-6,8,11,16H,1-3,7,9-10,12H2,(H2,21,23)/t16-/m0/s1. The molecule has 1 aromatic carbocycles. The quantitative estimate of drug-likeness (QED) is 0.843. The first-order chi connectivity index (χ1) is 12.1. The number of thiophene rings is 1. The van der Waals surface area contributed by atoms with E-state index >= 15 is 0 Å². The first kappa shape index (κ1) is 16.3. The summed E-state index contributed by atoms with van der Waals surface area (Å²) in [5.74, 6) is -0.489. The van der Waals surface area contributed by atoms with Gasteiger partial charge in [-0.05, 0) is 48.4 Å². The number of benzene rings is 1. The molecule has 2 N–H and O–H groups in total. The van der Waals surface area contributed by atoms with Crippen molar-refractivity contribution in [2.45, 2.75) is 51.1 Å². The number of aryl methyl sites for hydroxylation is 2. The summed E-state index contributed by atoms with van der Waals surface area (Å²) >= 11 is 1.60. The summed E-state index contributed by atoms with van der Waals surface area (Å²) in [5.41, 5.74) is 9.15. The van der Waals surface area contributed by atoms with Gasteiger partial charge in [0.1, 0.15) is 6.04 Å². The Bertz CT molecular complexity index is 803. The molecule has 2 aliphatic rings. The Hall–Kier alpha value is -2.14. The van der Waals surface area contributed by atoms with E-state index in [0.29, 0.717) is 13.0 Å². The molecule has 1 aliphatic carbocycles. The first-order valence-electron chi connectivity index (χ1n) is 8.92. The average Bonchev–Trinajstić information content (AvgIpc) is 2.90. The van der Waals surface area contributed by atoms with Crippen LogP contribution in [0.25, 0.3) is 0 Å². The van der Waals surface area contributed by atoms with Gasteiger partial charge in [0.2, 0.25) is 5.91 Å². The fourth-order valence-corrected chi connectivity index (χ4v) is 5.11. The van der Waals surface area contributed by atoms with Crippen LogP contribution in [0.5, 0.6) is 0 Å². The number of fused-ring (bicyclic) bond motifs is 2. The molecule has 0 saturated heterocycles. The van der Waals surface area contributed by atoms with Crippen LogP contribution >= 0.6 is 11.3 Å². The Morgan fingerprint density at radius 1 is 1.04 bits per heavy atom. The number of nitrogens with zero attached hydrogens (tertiary/aromatic N) is 1.